The summed E-state index contributed by atoms with van der Waals surface area (Å²) in [6.07, 6.45) is 0.866. The minimum absolute atomic E-state index is 0.226. The molecule has 0 aromatic rings. The maximum Gasteiger partial charge on any atom is 0.522 e. The Labute approximate surface area is 107 Å². The van der Waals surface area contributed by atoms with Gasteiger partial charge < -0.3 is 23.5 Å². The molecule has 0 aliphatic rings. The van der Waals surface area contributed by atoms with Crippen LogP contribution in [0.2, 0.25) is 0 Å². The quantitative estimate of drug-likeness (QED) is 0.655. The molecule has 0 aromatic heterocycles. The minimum Gasteiger partial charge on any atom is -0.376 e. The summed E-state index contributed by atoms with van der Waals surface area (Å²) in [7, 11) is 8.22. The first-order chi connectivity index (χ1) is 7.91. The van der Waals surface area contributed by atoms with Crippen LogP contribution in [0.15, 0.2) is 0 Å². The lowest BCUT2D eigenvalue weighted by atomic mass is 10.1. The maximum atomic E-state index is 5.66. The smallest absolute Gasteiger partial charge is 0.376 e. The number of hydrogen-bond acceptors (Lipinski definition) is 5. The van der Waals surface area contributed by atoms with Crippen molar-refractivity contribution in [1.82, 2.24) is 10.2 Å². The summed E-state index contributed by atoms with van der Waals surface area (Å²) in [5.74, 6) is 0. The molecule has 6 heteroatoms. The van der Waals surface area contributed by atoms with E-state index < -0.39 is 8.80 Å². The average Bonchev–Trinajstić information content (AvgIpc) is 2.35. The Kier molecular flexibility index (Phi) is 6.82. The van der Waals surface area contributed by atoms with Crippen molar-refractivity contribution in [2.75, 3.05) is 42.5 Å². The van der Waals surface area contributed by atoms with Gasteiger partial charge >= 0.3 is 8.80 Å². The summed E-state index contributed by atoms with van der Waals surface area (Å²) in [6, 6.07) is 0.226. The minimum atomic E-state index is -2.78. The van der Waals surface area contributed by atoms with Gasteiger partial charge in [-0.25, -0.2) is 0 Å². The maximum absolute atomic E-state index is 5.66. The highest BCUT2D eigenvalue weighted by atomic mass is 28.4. The topological polar surface area (TPSA) is 43.0 Å². The summed E-state index contributed by atoms with van der Waals surface area (Å²) >= 11 is 0. The van der Waals surface area contributed by atoms with Crippen molar-refractivity contribution in [3.63, 3.8) is 0 Å². The van der Waals surface area contributed by atoms with Crippen LogP contribution in [0.5, 0.6) is 0 Å². The van der Waals surface area contributed by atoms with Gasteiger partial charge in [-0.2, -0.15) is 0 Å². The van der Waals surface area contributed by atoms with E-state index >= 15 is 0 Å². The van der Waals surface area contributed by atoms with E-state index in [0.29, 0.717) is 0 Å². The molecule has 5 nitrogen and oxygen atoms in total. The van der Waals surface area contributed by atoms with E-state index in [2.05, 4.69) is 24.1 Å². The van der Waals surface area contributed by atoms with E-state index in [1.165, 1.54) is 0 Å². The van der Waals surface area contributed by atoms with Crippen LogP contribution in [0.4, 0.5) is 0 Å². The second-order valence-corrected chi connectivity index (χ2v) is 7.61. The molecule has 0 spiro atoms. The normalized spacial score (nSPS) is 18.2. The Morgan fingerprint density at radius 3 is 1.76 bits per heavy atom. The van der Waals surface area contributed by atoms with Gasteiger partial charge in [0.2, 0.25) is 0 Å². The number of nitrogens with one attached hydrogen (secondary N) is 1. The van der Waals surface area contributed by atoms with E-state index in [4.69, 9.17) is 13.3 Å². The fourth-order valence-corrected chi connectivity index (χ4v) is 5.65. The van der Waals surface area contributed by atoms with Crippen molar-refractivity contribution in [2.24, 2.45) is 0 Å². The molecule has 2 unspecified atom stereocenters. The molecule has 0 saturated heterocycles. The SMILES string of the molecule is CCC(NC)(C(C)N(C)C)[Si](OC)(OC)OC. The first-order valence-corrected chi connectivity index (χ1v) is 7.64. The number of likely N-dealkylation sites (N-methyl/N-ethyl adjacent to an activating group) is 2. The molecule has 0 rings (SSSR count). The van der Waals surface area contributed by atoms with Crippen LogP contribution in [0.1, 0.15) is 20.3 Å². The zero-order valence-electron chi connectivity index (χ0n) is 12.5. The molecular weight excluding hydrogens is 236 g/mol. The third kappa shape index (κ3) is 2.72. The second-order valence-electron chi connectivity index (χ2n) is 4.38. The predicted octanol–water partition coefficient (Wildman–Crippen LogP) is 0.722. The van der Waals surface area contributed by atoms with Crippen molar-refractivity contribution in [3.8, 4) is 0 Å². The highest BCUT2D eigenvalue weighted by Crippen LogP contribution is 2.31. The lowest BCUT2D eigenvalue weighted by Crippen LogP contribution is -2.76. The van der Waals surface area contributed by atoms with Gasteiger partial charge in [0.1, 0.15) is 5.16 Å². The van der Waals surface area contributed by atoms with Gasteiger partial charge in [0, 0.05) is 27.4 Å². The highest BCUT2D eigenvalue weighted by molar-refractivity contribution is 6.64. The van der Waals surface area contributed by atoms with Crippen LogP contribution in [0, 0.1) is 0 Å². The summed E-state index contributed by atoms with van der Waals surface area (Å²) in [4.78, 5) is 2.15. The van der Waals surface area contributed by atoms with Gasteiger partial charge in [0.15, 0.2) is 0 Å². The molecule has 0 amide bonds. The number of hydrogen-bond donors (Lipinski definition) is 1. The molecule has 0 aliphatic carbocycles. The fraction of sp³-hybridized carbons (Fsp3) is 1.00. The van der Waals surface area contributed by atoms with Crippen LogP contribution in [-0.2, 0) is 13.3 Å². The van der Waals surface area contributed by atoms with Crippen LogP contribution in [0.25, 0.3) is 0 Å². The Hall–Kier alpha value is 0.0169. The van der Waals surface area contributed by atoms with Gasteiger partial charge in [0.05, 0.1) is 0 Å². The van der Waals surface area contributed by atoms with Gasteiger partial charge in [-0.05, 0) is 34.5 Å². The monoisotopic (exact) mass is 264 g/mol. The Balaban J connectivity index is 5.58. The summed E-state index contributed by atoms with van der Waals surface area (Å²) in [5, 5.41) is 3.06. The first kappa shape index (κ1) is 17.0. The van der Waals surface area contributed by atoms with Gasteiger partial charge in [0.25, 0.3) is 0 Å². The molecule has 104 valence electrons. The van der Waals surface area contributed by atoms with Gasteiger partial charge in [-0.1, -0.05) is 6.92 Å². The van der Waals surface area contributed by atoms with Crippen molar-refractivity contribution in [2.45, 2.75) is 31.5 Å². The third-order valence-corrected chi connectivity index (χ3v) is 7.57. The predicted molar refractivity (Wildman–Crippen MR) is 72.0 cm³/mol. The van der Waals surface area contributed by atoms with Crippen LogP contribution in [-0.4, -0.2) is 67.4 Å². The zero-order chi connectivity index (χ0) is 13.7. The summed E-state index contributed by atoms with van der Waals surface area (Å²) in [6.45, 7) is 4.27. The summed E-state index contributed by atoms with van der Waals surface area (Å²) in [5.41, 5.74) is 0. The Morgan fingerprint density at radius 2 is 1.59 bits per heavy atom. The molecule has 2 atom stereocenters. The van der Waals surface area contributed by atoms with Crippen molar-refractivity contribution < 1.29 is 13.3 Å². The second kappa shape index (κ2) is 6.82. The lowest BCUT2D eigenvalue weighted by Gasteiger charge is -2.48. The third-order valence-electron chi connectivity index (χ3n) is 3.84. The number of rotatable bonds is 8. The molecule has 0 heterocycles. The van der Waals surface area contributed by atoms with E-state index in [9.17, 15) is 0 Å². The highest BCUT2D eigenvalue weighted by Gasteiger charge is 2.61. The largest absolute Gasteiger partial charge is 0.522 e. The molecule has 0 aliphatic heterocycles. The molecule has 17 heavy (non-hydrogen) atoms. The number of nitrogens with zero attached hydrogens (tertiary/aromatic N) is 1. The lowest BCUT2D eigenvalue weighted by molar-refractivity contribution is 0.0541. The van der Waals surface area contributed by atoms with E-state index in [1.54, 1.807) is 21.3 Å². The van der Waals surface area contributed by atoms with Crippen molar-refractivity contribution >= 4 is 8.80 Å². The van der Waals surface area contributed by atoms with E-state index in [0.717, 1.165) is 6.42 Å². The average molecular weight is 264 g/mol. The zero-order valence-corrected chi connectivity index (χ0v) is 13.5. The molecule has 0 radical (unpaired) electrons. The van der Waals surface area contributed by atoms with E-state index in [-0.39, 0.29) is 11.2 Å². The molecule has 0 saturated carbocycles. The van der Waals surface area contributed by atoms with Crippen molar-refractivity contribution in [3.05, 3.63) is 0 Å². The van der Waals surface area contributed by atoms with Gasteiger partial charge in [-0.3, -0.25) is 0 Å². The van der Waals surface area contributed by atoms with Crippen molar-refractivity contribution in [1.29, 1.82) is 0 Å². The Morgan fingerprint density at radius 1 is 1.18 bits per heavy atom. The summed E-state index contributed by atoms with van der Waals surface area (Å²) < 4.78 is 17.0. The van der Waals surface area contributed by atoms with Crippen LogP contribution >= 0.6 is 0 Å². The van der Waals surface area contributed by atoms with E-state index in [1.807, 2.05) is 21.1 Å². The van der Waals surface area contributed by atoms with Gasteiger partial charge in [-0.15, -0.1) is 0 Å². The molecule has 0 bridgehead atoms. The molecule has 0 fully saturated rings. The molecule has 1 N–H and O–H groups in total. The van der Waals surface area contributed by atoms with Crippen LogP contribution < -0.4 is 5.32 Å². The Bertz CT molecular complexity index is 210. The van der Waals surface area contributed by atoms with Crippen LogP contribution in [0.3, 0.4) is 0 Å². The standard InChI is InChI=1S/C11H28N2O3Si/c1-9-11(12-3,10(2)13(4)5)17(14-6,15-7)16-8/h10,12H,9H2,1-8H3. The molecular formula is C11H28N2O3Si. The molecule has 0 aromatic carbocycles. The first-order valence-electron chi connectivity index (χ1n) is 5.92. The fourth-order valence-electron chi connectivity index (χ4n) is 2.54.